The van der Waals surface area contributed by atoms with Crippen LogP contribution < -0.4 is 5.32 Å². The molecule has 1 aromatic heterocycles. The summed E-state index contributed by atoms with van der Waals surface area (Å²) in [6.45, 7) is 12.1. The lowest BCUT2D eigenvalue weighted by atomic mass is 10.0. The van der Waals surface area contributed by atoms with E-state index in [4.69, 9.17) is 5.11 Å². The van der Waals surface area contributed by atoms with E-state index in [-0.39, 0.29) is 6.61 Å². The summed E-state index contributed by atoms with van der Waals surface area (Å²) in [5.74, 6) is 0.726. The van der Waals surface area contributed by atoms with Crippen molar-refractivity contribution in [2.75, 3.05) is 13.2 Å². The average Bonchev–Trinajstić information content (AvgIpc) is 2.73. The maximum absolute atomic E-state index is 8.77. The molecule has 0 saturated heterocycles. The summed E-state index contributed by atoms with van der Waals surface area (Å²) >= 11 is 0. The second-order valence-corrected chi connectivity index (χ2v) is 6.68. The van der Waals surface area contributed by atoms with E-state index in [2.05, 4.69) is 43.3 Å². The topological polar surface area (TPSA) is 63.0 Å². The normalized spacial score (nSPS) is 20.7. The molecule has 0 bridgehead atoms. The summed E-state index contributed by atoms with van der Waals surface area (Å²) in [5.41, 5.74) is 1.83. The van der Waals surface area contributed by atoms with Crippen LogP contribution in [0.5, 0.6) is 0 Å². The van der Waals surface area contributed by atoms with Crippen molar-refractivity contribution in [3.05, 3.63) is 11.9 Å². The molecule has 0 radical (unpaired) electrons. The smallest absolute Gasteiger partial charge is 0.0964 e. The van der Waals surface area contributed by atoms with Crippen LogP contribution in [0.4, 0.5) is 0 Å². The van der Waals surface area contributed by atoms with Crippen LogP contribution in [0.2, 0.25) is 0 Å². The van der Waals surface area contributed by atoms with Gasteiger partial charge in [-0.2, -0.15) is 0 Å². The molecule has 0 aliphatic heterocycles. The number of aromatic nitrogens is 3. The van der Waals surface area contributed by atoms with Crippen molar-refractivity contribution in [2.24, 2.45) is 16.7 Å². The third-order valence-corrected chi connectivity index (χ3v) is 5.11. The van der Waals surface area contributed by atoms with Gasteiger partial charge in [0.05, 0.1) is 5.69 Å². The Labute approximate surface area is 115 Å². The molecule has 1 aliphatic rings. The minimum atomic E-state index is 0.194. The average molecular weight is 266 g/mol. The fraction of sp³-hybridized carbons (Fsp3) is 0.857. The van der Waals surface area contributed by atoms with E-state index >= 15 is 0 Å². The Hall–Kier alpha value is -0.940. The summed E-state index contributed by atoms with van der Waals surface area (Å²) in [6.07, 6.45) is 2.67. The van der Waals surface area contributed by atoms with Crippen LogP contribution in [-0.2, 0) is 13.1 Å². The van der Waals surface area contributed by atoms with Gasteiger partial charge in [0.1, 0.15) is 0 Å². The molecular formula is C14H26N4O. The quantitative estimate of drug-likeness (QED) is 0.784. The number of aliphatic hydroxyl groups is 1. The van der Waals surface area contributed by atoms with Gasteiger partial charge in [0, 0.05) is 25.9 Å². The molecule has 1 aliphatic carbocycles. The zero-order valence-corrected chi connectivity index (χ0v) is 12.5. The first-order valence-corrected chi connectivity index (χ1v) is 7.10. The van der Waals surface area contributed by atoms with Crippen molar-refractivity contribution in [1.82, 2.24) is 20.3 Å². The van der Waals surface area contributed by atoms with Crippen molar-refractivity contribution < 1.29 is 5.11 Å². The van der Waals surface area contributed by atoms with E-state index in [0.29, 0.717) is 10.8 Å². The van der Waals surface area contributed by atoms with E-state index in [9.17, 15) is 0 Å². The van der Waals surface area contributed by atoms with Crippen LogP contribution in [-0.4, -0.2) is 33.3 Å². The van der Waals surface area contributed by atoms with Crippen LogP contribution in [0.1, 0.15) is 39.8 Å². The molecule has 0 atom stereocenters. The fourth-order valence-electron chi connectivity index (χ4n) is 2.95. The summed E-state index contributed by atoms with van der Waals surface area (Å²) in [5, 5.41) is 20.4. The van der Waals surface area contributed by atoms with Crippen LogP contribution in [0.25, 0.3) is 0 Å². The van der Waals surface area contributed by atoms with E-state index in [1.54, 1.807) is 4.68 Å². The first kappa shape index (κ1) is 14.5. The van der Waals surface area contributed by atoms with Gasteiger partial charge in [-0.1, -0.05) is 32.9 Å². The predicted molar refractivity (Wildman–Crippen MR) is 74.5 cm³/mol. The zero-order chi connectivity index (χ0) is 14.1. The highest BCUT2D eigenvalue weighted by molar-refractivity contribution is 5.12. The van der Waals surface area contributed by atoms with Crippen molar-refractivity contribution in [1.29, 1.82) is 0 Å². The van der Waals surface area contributed by atoms with Crippen LogP contribution in [0, 0.1) is 16.7 Å². The molecule has 1 heterocycles. The lowest BCUT2D eigenvalue weighted by Gasteiger charge is -2.04. The third kappa shape index (κ3) is 2.82. The Kier molecular flexibility index (Phi) is 3.97. The van der Waals surface area contributed by atoms with Gasteiger partial charge in [-0.25, -0.2) is 0 Å². The number of hydrogen-bond acceptors (Lipinski definition) is 4. The van der Waals surface area contributed by atoms with Gasteiger partial charge in [-0.3, -0.25) is 4.68 Å². The van der Waals surface area contributed by atoms with Gasteiger partial charge >= 0.3 is 0 Å². The largest absolute Gasteiger partial charge is 0.396 e. The monoisotopic (exact) mass is 266 g/mol. The molecule has 0 aromatic carbocycles. The maximum Gasteiger partial charge on any atom is 0.0964 e. The second-order valence-electron chi connectivity index (χ2n) is 6.68. The van der Waals surface area contributed by atoms with E-state index < -0.39 is 0 Å². The van der Waals surface area contributed by atoms with E-state index in [0.717, 1.165) is 37.7 Å². The van der Waals surface area contributed by atoms with E-state index in [1.807, 2.05) is 6.20 Å². The molecule has 1 aromatic rings. The highest BCUT2D eigenvalue weighted by atomic mass is 16.3. The maximum atomic E-state index is 8.77. The van der Waals surface area contributed by atoms with Crippen molar-refractivity contribution >= 4 is 0 Å². The molecule has 2 rings (SSSR count). The lowest BCUT2D eigenvalue weighted by Crippen LogP contribution is -2.19. The zero-order valence-electron chi connectivity index (χ0n) is 12.5. The number of nitrogens with zero attached hydrogens (tertiary/aromatic N) is 3. The van der Waals surface area contributed by atoms with Gasteiger partial charge in [0.2, 0.25) is 0 Å². The highest BCUT2D eigenvalue weighted by Crippen LogP contribution is 2.67. The fourth-order valence-corrected chi connectivity index (χ4v) is 2.95. The molecule has 0 unspecified atom stereocenters. The second kappa shape index (κ2) is 5.21. The Morgan fingerprint density at radius 1 is 1.32 bits per heavy atom. The minimum absolute atomic E-state index is 0.194. The highest BCUT2D eigenvalue weighted by Gasteiger charge is 2.63. The minimum Gasteiger partial charge on any atom is -0.396 e. The van der Waals surface area contributed by atoms with Gasteiger partial charge in [-0.05, 0) is 29.7 Å². The number of rotatable bonds is 7. The van der Waals surface area contributed by atoms with Crippen LogP contribution >= 0.6 is 0 Å². The number of aryl methyl sites for hydroxylation is 1. The van der Waals surface area contributed by atoms with Gasteiger partial charge in [0.25, 0.3) is 0 Å². The van der Waals surface area contributed by atoms with Gasteiger partial charge in [0.15, 0.2) is 0 Å². The summed E-state index contributed by atoms with van der Waals surface area (Å²) in [7, 11) is 0. The Morgan fingerprint density at radius 2 is 2.00 bits per heavy atom. The molecule has 108 valence electrons. The first-order valence-electron chi connectivity index (χ1n) is 7.10. The Morgan fingerprint density at radius 3 is 2.58 bits per heavy atom. The Bertz CT molecular complexity index is 411. The first-order chi connectivity index (χ1) is 8.89. The molecule has 0 amide bonds. The van der Waals surface area contributed by atoms with E-state index in [1.165, 1.54) is 0 Å². The van der Waals surface area contributed by atoms with Crippen LogP contribution in [0.15, 0.2) is 6.20 Å². The van der Waals surface area contributed by atoms with Gasteiger partial charge in [-0.15, -0.1) is 5.10 Å². The van der Waals surface area contributed by atoms with Crippen molar-refractivity contribution in [3.63, 3.8) is 0 Å². The van der Waals surface area contributed by atoms with Crippen molar-refractivity contribution in [2.45, 2.75) is 47.2 Å². The molecule has 19 heavy (non-hydrogen) atoms. The molecule has 1 fully saturated rings. The number of nitrogens with one attached hydrogen (secondary N) is 1. The third-order valence-electron chi connectivity index (χ3n) is 5.11. The summed E-state index contributed by atoms with van der Waals surface area (Å²) < 4.78 is 1.79. The molecule has 2 N–H and O–H groups in total. The molecule has 0 spiro atoms. The molecule has 1 saturated carbocycles. The standard InChI is InChI=1S/C14H26N4O/c1-13(2)12(14(13,3)4)9-15-8-11-10-18(17-16-11)6-5-7-19/h10,12,15,19H,5-9H2,1-4H3. The molecule has 5 heteroatoms. The SMILES string of the molecule is CC1(C)C(CNCc2cn(CCCO)nn2)C1(C)C. The number of hydrogen-bond donors (Lipinski definition) is 2. The number of aliphatic hydroxyl groups excluding tert-OH is 1. The summed E-state index contributed by atoms with van der Waals surface area (Å²) in [6, 6.07) is 0. The summed E-state index contributed by atoms with van der Waals surface area (Å²) in [4.78, 5) is 0. The van der Waals surface area contributed by atoms with Gasteiger partial charge < -0.3 is 10.4 Å². The predicted octanol–water partition coefficient (Wildman–Crippen LogP) is 1.43. The van der Waals surface area contributed by atoms with Crippen molar-refractivity contribution in [3.8, 4) is 0 Å². The Balaban J connectivity index is 1.73. The lowest BCUT2D eigenvalue weighted by molar-refractivity contribution is 0.276. The molecular weight excluding hydrogens is 240 g/mol. The van der Waals surface area contributed by atoms with Crippen LogP contribution in [0.3, 0.4) is 0 Å². The molecule has 5 nitrogen and oxygen atoms in total.